The van der Waals surface area contributed by atoms with Crippen molar-refractivity contribution in [3.63, 3.8) is 0 Å². The monoisotopic (exact) mass is 436 g/mol. The zero-order valence-corrected chi connectivity index (χ0v) is 17.1. The van der Waals surface area contributed by atoms with Crippen LogP contribution in [0.5, 0.6) is 0 Å². The molecule has 0 saturated carbocycles. The van der Waals surface area contributed by atoms with E-state index in [0.717, 1.165) is 0 Å². The zero-order valence-electron chi connectivity index (χ0n) is 15.5. The first-order valence-corrected chi connectivity index (χ1v) is 10.5. The van der Waals surface area contributed by atoms with Crippen LogP contribution >= 0.6 is 23.4 Å². The Kier molecular flexibility index (Phi) is 4.41. The molecule has 0 saturated heterocycles. The van der Waals surface area contributed by atoms with Crippen molar-refractivity contribution in [1.82, 2.24) is 29.3 Å². The lowest BCUT2D eigenvalue weighted by atomic mass is 10.2. The van der Waals surface area contributed by atoms with Crippen LogP contribution in [0.4, 0.5) is 0 Å². The first-order valence-electron chi connectivity index (χ1n) is 8.85. The number of aromatic nitrogens is 6. The third kappa shape index (κ3) is 2.99. The SMILES string of the molecule is CSc1n[nH]c(-n2ccc3nc4ccn(-c5cccc(Cl)c5)c(=O)c4cc3c2=O)n1. The summed E-state index contributed by atoms with van der Waals surface area (Å²) >= 11 is 7.43. The molecular weight excluding hydrogens is 424 g/mol. The van der Waals surface area contributed by atoms with Crippen molar-refractivity contribution in [2.45, 2.75) is 5.16 Å². The number of nitrogens with zero attached hydrogens (tertiary/aromatic N) is 5. The van der Waals surface area contributed by atoms with Gasteiger partial charge in [0.25, 0.3) is 11.1 Å². The van der Waals surface area contributed by atoms with Crippen LogP contribution in [0.1, 0.15) is 0 Å². The number of hydrogen-bond donors (Lipinski definition) is 1. The van der Waals surface area contributed by atoms with Crippen molar-refractivity contribution in [2.24, 2.45) is 0 Å². The number of H-pyrrole nitrogens is 1. The Balaban J connectivity index is 1.75. The highest BCUT2D eigenvalue weighted by Crippen LogP contribution is 2.18. The van der Waals surface area contributed by atoms with E-state index in [1.807, 2.05) is 6.26 Å². The summed E-state index contributed by atoms with van der Waals surface area (Å²) in [6.07, 6.45) is 5.08. The van der Waals surface area contributed by atoms with E-state index in [0.29, 0.717) is 43.6 Å². The van der Waals surface area contributed by atoms with Gasteiger partial charge < -0.3 is 0 Å². The Hall–Kier alpha value is -3.43. The third-order valence-electron chi connectivity index (χ3n) is 4.69. The number of pyridine rings is 3. The van der Waals surface area contributed by atoms with E-state index >= 15 is 0 Å². The number of rotatable bonds is 3. The number of nitrogens with one attached hydrogen (secondary N) is 1. The fourth-order valence-corrected chi connectivity index (χ4v) is 3.76. The molecule has 0 unspecified atom stereocenters. The molecule has 0 aliphatic carbocycles. The van der Waals surface area contributed by atoms with Gasteiger partial charge >= 0.3 is 0 Å². The van der Waals surface area contributed by atoms with Crippen molar-refractivity contribution >= 4 is 45.2 Å². The maximum absolute atomic E-state index is 13.1. The molecule has 0 bridgehead atoms. The molecule has 1 aromatic carbocycles. The fraction of sp³-hybridized carbons (Fsp3) is 0.0500. The molecule has 0 fully saturated rings. The quantitative estimate of drug-likeness (QED) is 0.344. The van der Waals surface area contributed by atoms with E-state index in [4.69, 9.17) is 11.6 Å². The van der Waals surface area contributed by atoms with Gasteiger partial charge in [0, 0.05) is 17.4 Å². The Morgan fingerprint density at radius 3 is 2.30 bits per heavy atom. The minimum atomic E-state index is -0.344. The van der Waals surface area contributed by atoms with Gasteiger partial charge in [-0.3, -0.25) is 18.7 Å². The van der Waals surface area contributed by atoms with E-state index < -0.39 is 0 Å². The molecule has 8 nitrogen and oxygen atoms in total. The molecule has 0 spiro atoms. The lowest BCUT2D eigenvalue weighted by molar-refractivity contribution is 0.901. The number of benzene rings is 1. The second-order valence-electron chi connectivity index (χ2n) is 6.46. The maximum Gasteiger partial charge on any atom is 0.266 e. The summed E-state index contributed by atoms with van der Waals surface area (Å²) in [7, 11) is 0. The van der Waals surface area contributed by atoms with Crippen molar-refractivity contribution in [1.29, 1.82) is 0 Å². The van der Waals surface area contributed by atoms with Gasteiger partial charge in [-0.1, -0.05) is 29.4 Å². The Morgan fingerprint density at radius 1 is 0.933 bits per heavy atom. The molecule has 5 rings (SSSR count). The minimum absolute atomic E-state index is 0.289. The van der Waals surface area contributed by atoms with E-state index in [2.05, 4.69) is 20.2 Å². The van der Waals surface area contributed by atoms with Crippen LogP contribution in [0, 0.1) is 0 Å². The number of fused-ring (bicyclic) bond motifs is 2. The molecule has 148 valence electrons. The molecule has 0 amide bonds. The van der Waals surface area contributed by atoms with E-state index in [1.54, 1.807) is 54.9 Å². The predicted molar refractivity (Wildman–Crippen MR) is 117 cm³/mol. The average Bonchev–Trinajstić information content (AvgIpc) is 3.22. The summed E-state index contributed by atoms with van der Waals surface area (Å²) < 4.78 is 2.82. The minimum Gasteiger partial charge on any atom is -0.284 e. The zero-order chi connectivity index (χ0) is 20.8. The van der Waals surface area contributed by atoms with Crippen molar-refractivity contribution in [2.75, 3.05) is 6.26 Å². The van der Waals surface area contributed by atoms with E-state index in [9.17, 15) is 9.59 Å². The van der Waals surface area contributed by atoms with Gasteiger partial charge in [-0.05, 0) is 42.7 Å². The first kappa shape index (κ1) is 18.6. The summed E-state index contributed by atoms with van der Waals surface area (Å²) in [4.78, 5) is 35.0. The van der Waals surface area contributed by atoms with Crippen LogP contribution in [0.3, 0.4) is 0 Å². The third-order valence-corrected chi connectivity index (χ3v) is 5.48. The largest absolute Gasteiger partial charge is 0.284 e. The number of halogens is 1. The molecule has 0 aliphatic heterocycles. The predicted octanol–water partition coefficient (Wildman–Crippen LogP) is 3.18. The molecule has 1 N–H and O–H groups in total. The van der Waals surface area contributed by atoms with Crippen molar-refractivity contribution in [3.05, 3.63) is 80.6 Å². The highest BCUT2D eigenvalue weighted by atomic mass is 35.5. The summed E-state index contributed by atoms with van der Waals surface area (Å²) in [5.74, 6) is 0.302. The van der Waals surface area contributed by atoms with Gasteiger partial charge in [-0.2, -0.15) is 4.98 Å². The average molecular weight is 437 g/mol. The number of hydrogen-bond acceptors (Lipinski definition) is 6. The lowest BCUT2D eigenvalue weighted by Crippen LogP contribution is -2.21. The van der Waals surface area contributed by atoms with Gasteiger partial charge in [0.05, 0.1) is 27.5 Å². The van der Waals surface area contributed by atoms with Gasteiger partial charge in [0.2, 0.25) is 11.1 Å². The van der Waals surface area contributed by atoms with E-state index in [-0.39, 0.29) is 11.1 Å². The Bertz CT molecular complexity index is 1560. The van der Waals surface area contributed by atoms with E-state index in [1.165, 1.54) is 20.9 Å². The molecule has 0 aliphatic rings. The normalized spacial score (nSPS) is 11.4. The smallest absolute Gasteiger partial charge is 0.266 e. The summed E-state index contributed by atoms with van der Waals surface area (Å²) in [6, 6.07) is 12.0. The van der Waals surface area contributed by atoms with Gasteiger partial charge in [-0.15, -0.1) is 5.10 Å². The Morgan fingerprint density at radius 2 is 1.63 bits per heavy atom. The molecule has 30 heavy (non-hydrogen) atoms. The highest BCUT2D eigenvalue weighted by molar-refractivity contribution is 7.98. The second kappa shape index (κ2) is 7.12. The maximum atomic E-state index is 13.1. The molecule has 0 atom stereocenters. The first-order chi connectivity index (χ1) is 14.5. The van der Waals surface area contributed by atoms with Crippen LogP contribution in [-0.4, -0.2) is 35.6 Å². The molecule has 0 radical (unpaired) electrons. The Labute approximate surface area is 178 Å². The summed E-state index contributed by atoms with van der Waals surface area (Å²) in [6.45, 7) is 0. The molecule has 10 heteroatoms. The van der Waals surface area contributed by atoms with Crippen molar-refractivity contribution in [3.8, 4) is 11.6 Å². The standard InChI is InChI=1S/C20H13ClN6O2S/c1-30-20-23-19(24-25-20)27-8-6-16-14(18(27)29)10-13-15(22-16)5-7-26(17(13)28)12-4-2-3-11(21)9-12/h2-10H,1H3,(H,23,24,25). The van der Waals surface area contributed by atoms with Crippen molar-refractivity contribution < 1.29 is 0 Å². The molecule has 5 aromatic rings. The topological polar surface area (TPSA) is 98.5 Å². The molecular formula is C20H13ClN6O2S. The van der Waals surface area contributed by atoms with Crippen LogP contribution in [0.25, 0.3) is 33.4 Å². The lowest BCUT2D eigenvalue weighted by Gasteiger charge is -2.09. The van der Waals surface area contributed by atoms with Crippen LogP contribution in [-0.2, 0) is 0 Å². The van der Waals surface area contributed by atoms with Crippen LogP contribution in [0.15, 0.2) is 69.6 Å². The van der Waals surface area contributed by atoms with Gasteiger partial charge in [-0.25, -0.2) is 10.1 Å². The summed E-state index contributed by atoms with van der Waals surface area (Å²) in [5, 5.41) is 8.48. The van der Waals surface area contributed by atoms with Gasteiger partial charge in [0.15, 0.2) is 0 Å². The number of aromatic amines is 1. The second-order valence-corrected chi connectivity index (χ2v) is 7.67. The fourth-order valence-electron chi connectivity index (χ4n) is 3.26. The molecule has 4 aromatic heterocycles. The highest BCUT2D eigenvalue weighted by Gasteiger charge is 2.13. The number of thioether (sulfide) groups is 1. The molecule has 4 heterocycles. The summed E-state index contributed by atoms with van der Waals surface area (Å²) in [5.41, 5.74) is 0.998. The van der Waals surface area contributed by atoms with Gasteiger partial charge in [0.1, 0.15) is 0 Å². The van der Waals surface area contributed by atoms with Crippen LogP contribution < -0.4 is 11.1 Å². The van der Waals surface area contributed by atoms with Crippen LogP contribution in [0.2, 0.25) is 5.02 Å².